The van der Waals surface area contributed by atoms with Crippen LogP contribution in [-0.2, 0) is 6.54 Å². The fraction of sp³-hybridized carbons (Fsp3) is 0.278. The van der Waals surface area contributed by atoms with Gasteiger partial charge in [0.05, 0.1) is 37.8 Å². The highest BCUT2D eigenvalue weighted by Gasteiger charge is 2.24. The zero-order valence-corrected chi connectivity index (χ0v) is 12.9. The van der Waals surface area contributed by atoms with E-state index in [0.29, 0.717) is 11.1 Å². The van der Waals surface area contributed by atoms with E-state index in [0.717, 1.165) is 32.7 Å². The number of carbonyl (C=O) groups excluding carboxylic acids is 1. The van der Waals surface area contributed by atoms with Crippen molar-refractivity contribution in [3.05, 3.63) is 65.5 Å². The summed E-state index contributed by atoms with van der Waals surface area (Å²) in [5.41, 5.74) is 2.40. The molecule has 3 rings (SSSR count). The number of pyridine rings is 1. The zero-order valence-electron chi connectivity index (χ0n) is 12.9. The first kappa shape index (κ1) is 15.2. The lowest BCUT2D eigenvalue weighted by Gasteiger charge is -2.32. The lowest BCUT2D eigenvalue weighted by molar-refractivity contribution is -0.917. The predicted octanol–water partition coefficient (Wildman–Crippen LogP) is 0.494. The number of carbonyl (C=O) groups is 1. The Bertz CT molecular complexity index is 715. The number of nitrogens with zero attached hydrogens (tertiary/aromatic N) is 3. The first-order chi connectivity index (χ1) is 11.3. The van der Waals surface area contributed by atoms with Crippen LogP contribution in [0.15, 0.2) is 48.8 Å². The second-order valence-electron chi connectivity index (χ2n) is 5.77. The second kappa shape index (κ2) is 7.03. The Morgan fingerprint density at radius 1 is 1.22 bits per heavy atom. The van der Waals surface area contributed by atoms with Crippen LogP contribution < -0.4 is 4.90 Å². The minimum Gasteiger partial charge on any atom is -0.328 e. The van der Waals surface area contributed by atoms with E-state index in [-0.39, 0.29) is 5.91 Å². The standard InChI is InChI=1S/C18H18N4O/c19-13-16-2-1-3-17(12-16)18(23)22-10-8-21(9-11-22)14-15-4-6-20-7-5-15/h1-7,12H,8-11,14H2/p+1. The summed E-state index contributed by atoms with van der Waals surface area (Å²) in [6, 6.07) is 13.1. The van der Waals surface area contributed by atoms with Crippen LogP contribution in [0.4, 0.5) is 0 Å². The van der Waals surface area contributed by atoms with Gasteiger partial charge in [0.25, 0.3) is 5.91 Å². The van der Waals surface area contributed by atoms with Crippen molar-refractivity contribution >= 4 is 5.91 Å². The maximum absolute atomic E-state index is 12.5. The van der Waals surface area contributed by atoms with Gasteiger partial charge < -0.3 is 9.80 Å². The molecule has 1 saturated heterocycles. The van der Waals surface area contributed by atoms with E-state index >= 15 is 0 Å². The molecular formula is C18H19N4O+. The number of nitriles is 1. The molecule has 1 aliphatic heterocycles. The number of quaternary nitrogens is 1. The molecule has 0 unspecified atom stereocenters. The van der Waals surface area contributed by atoms with Crippen molar-refractivity contribution in [3.8, 4) is 6.07 Å². The fourth-order valence-corrected chi connectivity index (χ4v) is 2.90. The van der Waals surface area contributed by atoms with Gasteiger partial charge in [-0.25, -0.2) is 0 Å². The number of rotatable bonds is 3. The van der Waals surface area contributed by atoms with Gasteiger partial charge in [-0.2, -0.15) is 5.26 Å². The summed E-state index contributed by atoms with van der Waals surface area (Å²) in [6.07, 6.45) is 3.63. The van der Waals surface area contributed by atoms with Crippen LogP contribution in [0.1, 0.15) is 21.5 Å². The number of hydrogen-bond acceptors (Lipinski definition) is 3. The monoisotopic (exact) mass is 307 g/mol. The Balaban J connectivity index is 1.58. The first-order valence-corrected chi connectivity index (χ1v) is 7.78. The average molecular weight is 307 g/mol. The smallest absolute Gasteiger partial charge is 0.254 e. The molecule has 0 spiro atoms. The van der Waals surface area contributed by atoms with Crippen molar-refractivity contribution in [2.24, 2.45) is 0 Å². The number of hydrogen-bond donors (Lipinski definition) is 1. The fourth-order valence-electron chi connectivity index (χ4n) is 2.90. The maximum Gasteiger partial charge on any atom is 0.254 e. The van der Waals surface area contributed by atoms with E-state index in [9.17, 15) is 4.79 Å². The summed E-state index contributed by atoms with van der Waals surface area (Å²) in [5, 5.41) is 8.95. The molecule has 23 heavy (non-hydrogen) atoms. The SMILES string of the molecule is N#Cc1cccc(C(=O)N2CC[NH+](Cc3ccncc3)CC2)c1. The normalized spacial score (nSPS) is 15.2. The first-order valence-electron chi connectivity index (χ1n) is 7.78. The minimum atomic E-state index is 0.0186. The van der Waals surface area contributed by atoms with Crippen LogP contribution in [0.5, 0.6) is 0 Å². The highest BCUT2D eigenvalue weighted by atomic mass is 16.2. The second-order valence-corrected chi connectivity index (χ2v) is 5.77. The van der Waals surface area contributed by atoms with Gasteiger partial charge in [-0.05, 0) is 30.3 Å². The third-order valence-electron chi connectivity index (χ3n) is 4.20. The summed E-state index contributed by atoms with van der Waals surface area (Å²) < 4.78 is 0. The van der Waals surface area contributed by atoms with Crippen LogP contribution in [-0.4, -0.2) is 42.0 Å². The van der Waals surface area contributed by atoms with E-state index in [1.165, 1.54) is 10.5 Å². The quantitative estimate of drug-likeness (QED) is 0.898. The van der Waals surface area contributed by atoms with E-state index < -0.39 is 0 Å². The van der Waals surface area contributed by atoms with Gasteiger partial charge >= 0.3 is 0 Å². The molecule has 2 heterocycles. The molecule has 5 nitrogen and oxygen atoms in total. The molecule has 0 bridgehead atoms. The number of piperazine rings is 1. The summed E-state index contributed by atoms with van der Waals surface area (Å²) >= 11 is 0. The molecule has 0 aliphatic carbocycles. The lowest BCUT2D eigenvalue weighted by atomic mass is 10.1. The van der Waals surface area contributed by atoms with Gasteiger partial charge in [-0.15, -0.1) is 0 Å². The average Bonchev–Trinajstić information content (AvgIpc) is 2.63. The largest absolute Gasteiger partial charge is 0.328 e. The minimum absolute atomic E-state index is 0.0186. The van der Waals surface area contributed by atoms with Crippen LogP contribution in [0.2, 0.25) is 0 Å². The third kappa shape index (κ3) is 3.74. The van der Waals surface area contributed by atoms with Crippen molar-refractivity contribution < 1.29 is 9.69 Å². The van der Waals surface area contributed by atoms with Gasteiger partial charge in [-0.1, -0.05) is 6.07 Å². The molecule has 5 heteroatoms. The molecule has 1 aliphatic rings. The Hall–Kier alpha value is -2.71. The molecule has 0 radical (unpaired) electrons. The van der Waals surface area contributed by atoms with Crippen molar-refractivity contribution in [3.63, 3.8) is 0 Å². The van der Waals surface area contributed by atoms with Crippen LogP contribution in [0.3, 0.4) is 0 Å². The molecular weight excluding hydrogens is 288 g/mol. The van der Waals surface area contributed by atoms with Crippen molar-refractivity contribution in [1.82, 2.24) is 9.88 Å². The Morgan fingerprint density at radius 2 is 1.96 bits per heavy atom. The van der Waals surface area contributed by atoms with Crippen molar-refractivity contribution in [2.75, 3.05) is 26.2 Å². The van der Waals surface area contributed by atoms with Gasteiger partial charge in [0.15, 0.2) is 0 Å². The predicted molar refractivity (Wildman–Crippen MR) is 85.7 cm³/mol. The lowest BCUT2D eigenvalue weighted by Crippen LogP contribution is -3.13. The third-order valence-corrected chi connectivity index (χ3v) is 4.20. The summed E-state index contributed by atoms with van der Waals surface area (Å²) in [7, 11) is 0. The summed E-state index contributed by atoms with van der Waals surface area (Å²) in [5.74, 6) is 0.0186. The van der Waals surface area contributed by atoms with Crippen LogP contribution >= 0.6 is 0 Å². The van der Waals surface area contributed by atoms with Crippen LogP contribution in [0, 0.1) is 11.3 Å². The maximum atomic E-state index is 12.5. The van der Waals surface area contributed by atoms with Crippen LogP contribution in [0.25, 0.3) is 0 Å². The van der Waals surface area contributed by atoms with Crippen molar-refractivity contribution in [2.45, 2.75) is 6.54 Å². The molecule has 0 atom stereocenters. The highest BCUT2D eigenvalue weighted by Crippen LogP contribution is 2.08. The summed E-state index contributed by atoms with van der Waals surface area (Å²) in [4.78, 5) is 19.9. The molecule has 116 valence electrons. The number of nitrogens with one attached hydrogen (secondary N) is 1. The van der Waals surface area contributed by atoms with E-state index in [2.05, 4.69) is 11.1 Å². The van der Waals surface area contributed by atoms with E-state index in [4.69, 9.17) is 5.26 Å². The highest BCUT2D eigenvalue weighted by molar-refractivity contribution is 5.94. The Labute approximate surface area is 135 Å². The van der Waals surface area contributed by atoms with Gasteiger partial charge in [0, 0.05) is 23.5 Å². The molecule has 2 aromatic rings. The van der Waals surface area contributed by atoms with Gasteiger partial charge in [-0.3, -0.25) is 9.78 Å². The topological polar surface area (TPSA) is 61.4 Å². The number of aromatic nitrogens is 1. The molecule has 1 amide bonds. The summed E-state index contributed by atoms with van der Waals surface area (Å²) in [6.45, 7) is 4.33. The zero-order chi connectivity index (χ0) is 16.1. The molecule has 1 N–H and O–H groups in total. The molecule has 1 aromatic carbocycles. The van der Waals surface area contributed by atoms with Gasteiger partial charge in [0.2, 0.25) is 0 Å². The van der Waals surface area contributed by atoms with Gasteiger partial charge in [0.1, 0.15) is 6.54 Å². The Kier molecular flexibility index (Phi) is 4.65. The van der Waals surface area contributed by atoms with E-state index in [1.54, 1.807) is 24.3 Å². The van der Waals surface area contributed by atoms with Crippen molar-refractivity contribution in [1.29, 1.82) is 5.26 Å². The molecule has 0 saturated carbocycles. The number of amides is 1. The number of benzene rings is 1. The Morgan fingerprint density at radius 3 is 2.65 bits per heavy atom. The molecule has 1 aromatic heterocycles. The molecule has 1 fully saturated rings. The van der Waals surface area contributed by atoms with E-state index in [1.807, 2.05) is 29.4 Å².